The quantitative estimate of drug-likeness (QED) is 0.792. The van der Waals surface area contributed by atoms with Crippen LogP contribution in [0.3, 0.4) is 0 Å². The minimum atomic E-state index is -0.501. The molecule has 0 aliphatic carbocycles. The van der Waals surface area contributed by atoms with Crippen LogP contribution < -0.4 is 0 Å². The van der Waals surface area contributed by atoms with Crippen molar-refractivity contribution in [2.45, 2.75) is 24.3 Å². The molecular weight excluding hydrogens is 339 g/mol. The second-order valence-corrected chi connectivity index (χ2v) is 6.67. The van der Waals surface area contributed by atoms with E-state index in [-0.39, 0.29) is 5.82 Å². The van der Waals surface area contributed by atoms with E-state index in [9.17, 15) is 9.50 Å². The lowest BCUT2D eigenvalue weighted by atomic mass is 10.1. The molecule has 0 saturated heterocycles. The minimum absolute atomic E-state index is 0.276. The zero-order valence-electron chi connectivity index (χ0n) is 11.1. The summed E-state index contributed by atoms with van der Waals surface area (Å²) in [4.78, 5) is 1.13. The average molecular weight is 355 g/mol. The lowest BCUT2D eigenvalue weighted by Gasteiger charge is -2.12. The lowest BCUT2D eigenvalue weighted by Crippen LogP contribution is -2.14. The fourth-order valence-electron chi connectivity index (χ4n) is 1.84. The van der Waals surface area contributed by atoms with Crippen molar-refractivity contribution in [3.63, 3.8) is 0 Å². The average Bonchev–Trinajstić information content (AvgIpc) is 2.42. The van der Waals surface area contributed by atoms with Gasteiger partial charge < -0.3 is 5.11 Å². The van der Waals surface area contributed by atoms with Crippen LogP contribution in [0, 0.1) is 12.7 Å². The Labute approximate surface area is 131 Å². The molecule has 0 aliphatic rings. The highest BCUT2D eigenvalue weighted by Gasteiger charge is 2.10. The van der Waals surface area contributed by atoms with Crippen LogP contribution in [0.25, 0.3) is 0 Å². The van der Waals surface area contributed by atoms with Gasteiger partial charge in [0.15, 0.2) is 0 Å². The summed E-state index contributed by atoms with van der Waals surface area (Å²) < 4.78 is 14.0. The molecule has 1 N–H and O–H groups in total. The van der Waals surface area contributed by atoms with Gasteiger partial charge in [-0.2, -0.15) is 0 Å². The van der Waals surface area contributed by atoms with Gasteiger partial charge in [0.2, 0.25) is 0 Å². The minimum Gasteiger partial charge on any atom is -0.392 e. The number of rotatable bonds is 5. The van der Waals surface area contributed by atoms with Crippen molar-refractivity contribution in [1.29, 1.82) is 0 Å². The Balaban J connectivity index is 1.90. The predicted molar refractivity (Wildman–Crippen MR) is 85.7 cm³/mol. The van der Waals surface area contributed by atoms with Crippen LogP contribution in [0.4, 0.5) is 4.39 Å². The molecule has 0 spiro atoms. The first-order valence-electron chi connectivity index (χ1n) is 6.36. The maximum Gasteiger partial charge on any atom is 0.123 e. The molecule has 2 aromatic carbocycles. The van der Waals surface area contributed by atoms with E-state index in [0.29, 0.717) is 12.2 Å². The Bertz CT molecular complexity index is 571. The van der Waals surface area contributed by atoms with Gasteiger partial charge in [-0.3, -0.25) is 0 Å². The Hall–Kier alpha value is -0.840. The smallest absolute Gasteiger partial charge is 0.123 e. The molecule has 2 rings (SSSR count). The van der Waals surface area contributed by atoms with E-state index in [1.54, 1.807) is 17.8 Å². The largest absolute Gasteiger partial charge is 0.392 e. The first-order valence-corrected chi connectivity index (χ1v) is 8.14. The van der Waals surface area contributed by atoms with E-state index in [1.165, 1.54) is 17.7 Å². The lowest BCUT2D eigenvalue weighted by molar-refractivity contribution is 0.200. The van der Waals surface area contributed by atoms with Gasteiger partial charge in [0, 0.05) is 21.5 Å². The maximum atomic E-state index is 13.2. The molecule has 2 aromatic rings. The second kappa shape index (κ2) is 7.25. The molecule has 0 aromatic heterocycles. The summed E-state index contributed by atoms with van der Waals surface area (Å²) in [6, 6.07) is 12.7. The van der Waals surface area contributed by atoms with E-state index < -0.39 is 6.10 Å². The van der Waals surface area contributed by atoms with Gasteiger partial charge in [-0.25, -0.2) is 4.39 Å². The Morgan fingerprint density at radius 1 is 1.20 bits per heavy atom. The monoisotopic (exact) mass is 354 g/mol. The molecule has 0 saturated carbocycles. The van der Waals surface area contributed by atoms with Crippen LogP contribution >= 0.6 is 27.7 Å². The van der Waals surface area contributed by atoms with Crippen LogP contribution in [0.5, 0.6) is 0 Å². The number of aliphatic hydroxyl groups is 1. The molecule has 0 aliphatic heterocycles. The SMILES string of the molecule is Cc1ccc(SCC(O)Cc2cc(F)ccc2Br)cc1. The highest BCUT2D eigenvalue weighted by atomic mass is 79.9. The van der Waals surface area contributed by atoms with Crippen molar-refractivity contribution in [3.05, 3.63) is 63.9 Å². The number of hydrogen-bond acceptors (Lipinski definition) is 2. The molecule has 1 unspecified atom stereocenters. The molecule has 4 heteroatoms. The maximum absolute atomic E-state index is 13.2. The first kappa shape index (κ1) is 15.5. The summed E-state index contributed by atoms with van der Waals surface area (Å²) >= 11 is 4.99. The van der Waals surface area contributed by atoms with Gasteiger partial charge in [0.05, 0.1) is 6.10 Å². The standard InChI is InChI=1S/C16H16BrFOS/c1-11-2-5-15(6-3-11)20-10-14(19)9-12-8-13(18)4-7-16(12)17/h2-8,14,19H,9-10H2,1H3. The number of aryl methyl sites for hydroxylation is 1. The number of thioether (sulfide) groups is 1. The topological polar surface area (TPSA) is 20.2 Å². The van der Waals surface area contributed by atoms with Crippen LogP contribution in [0.15, 0.2) is 51.8 Å². The van der Waals surface area contributed by atoms with Crippen LogP contribution in [-0.2, 0) is 6.42 Å². The molecule has 0 radical (unpaired) electrons. The predicted octanol–water partition coefficient (Wildman–Crippen LogP) is 4.59. The van der Waals surface area contributed by atoms with Gasteiger partial charge in [0.1, 0.15) is 5.82 Å². The van der Waals surface area contributed by atoms with Crippen molar-refractivity contribution in [2.75, 3.05) is 5.75 Å². The van der Waals surface area contributed by atoms with Crippen LogP contribution in [0.2, 0.25) is 0 Å². The third-order valence-electron chi connectivity index (χ3n) is 2.93. The molecule has 1 nitrogen and oxygen atoms in total. The van der Waals surface area contributed by atoms with Crippen molar-refractivity contribution >= 4 is 27.7 Å². The summed E-state index contributed by atoms with van der Waals surface area (Å²) in [5, 5.41) is 10.1. The van der Waals surface area contributed by atoms with E-state index >= 15 is 0 Å². The number of benzene rings is 2. The Morgan fingerprint density at radius 2 is 1.90 bits per heavy atom. The van der Waals surface area contributed by atoms with Gasteiger partial charge in [-0.15, -0.1) is 11.8 Å². The number of halogens is 2. The van der Waals surface area contributed by atoms with Gasteiger partial charge >= 0.3 is 0 Å². The summed E-state index contributed by atoms with van der Waals surface area (Å²) in [6.07, 6.45) is -0.0589. The van der Waals surface area contributed by atoms with Crippen LogP contribution in [0.1, 0.15) is 11.1 Å². The molecule has 0 heterocycles. The molecule has 1 atom stereocenters. The van der Waals surface area contributed by atoms with Crippen molar-refractivity contribution in [3.8, 4) is 0 Å². The van der Waals surface area contributed by atoms with E-state index in [4.69, 9.17) is 0 Å². The van der Waals surface area contributed by atoms with Gasteiger partial charge in [-0.1, -0.05) is 33.6 Å². The molecule has 106 valence electrons. The van der Waals surface area contributed by atoms with Gasteiger partial charge in [-0.05, 0) is 42.8 Å². The summed E-state index contributed by atoms with van der Waals surface area (Å²) in [7, 11) is 0. The normalized spacial score (nSPS) is 12.4. The fraction of sp³-hybridized carbons (Fsp3) is 0.250. The van der Waals surface area contributed by atoms with E-state index in [0.717, 1.165) is 14.9 Å². The van der Waals surface area contributed by atoms with E-state index in [2.05, 4.69) is 28.1 Å². The summed E-state index contributed by atoms with van der Waals surface area (Å²) in [6.45, 7) is 2.05. The van der Waals surface area contributed by atoms with Crippen LogP contribution in [-0.4, -0.2) is 17.0 Å². The summed E-state index contributed by atoms with van der Waals surface area (Å²) in [5.74, 6) is 0.313. The molecule has 0 fully saturated rings. The van der Waals surface area contributed by atoms with Gasteiger partial charge in [0.25, 0.3) is 0 Å². The van der Waals surface area contributed by atoms with Crippen molar-refractivity contribution in [2.24, 2.45) is 0 Å². The molecule has 0 amide bonds. The summed E-state index contributed by atoms with van der Waals surface area (Å²) in [5.41, 5.74) is 2.01. The van der Waals surface area contributed by atoms with Crippen molar-refractivity contribution < 1.29 is 9.50 Å². The fourth-order valence-corrected chi connectivity index (χ4v) is 3.08. The third kappa shape index (κ3) is 4.62. The Kier molecular flexibility index (Phi) is 5.64. The third-order valence-corrected chi connectivity index (χ3v) is 4.86. The highest BCUT2D eigenvalue weighted by molar-refractivity contribution is 9.10. The zero-order valence-corrected chi connectivity index (χ0v) is 13.5. The molecule has 20 heavy (non-hydrogen) atoms. The number of hydrogen-bond donors (Lipinski definition) is 1. The second-order valence-electron chi connectivity index (χ2n) is 4.72. The zero-order chi connectivity index (χ0) is 14.5. The van der Waals surface area contributed by atoms with Crippen molar-refractivity contribution in [1.82, 2.24) is 0 Å². The first-order chi connectivity index (χ1) is 9.54. The Morgan fingerprint density at radius 3 is 2.60 bits per heavy atom. The highest BCUT2D eigenvalue weighted by Crippen LogP contribution is 2.23. The number of aliphatic hydroxyl groups excluding tert-OH is 1. The van der Waals surface area contributed by atoms with E-state index in [1.807, 2.05) is 19.1 Å². The molecule has 0 bridgehead atoms. The molecular formula is C16H16BrFOS.